The number of nitrogens with zero attached hydrogens (tertiary/aromatic N) is 5. The number of amides is 3. The van der Waals surface area contributed by atoms with Gasteiger partial charge in [0, 0.05) is 50.7 Å². The second kappa shape index (κ2) is 13.8. The molecule has 0 radical (unpaired) electrons. The third-order valence-corrected chi connectivity index (χ3v) is 12.0. The number of imidazole rings is 1. The molecule has 11 nitrogen and oxygen atoms in total. The Balaban J connectivity index is 0.844. The average molecular weight is 706 g/mol. The molecule has 1 atom stereocenters. The third-order valence-electron chi connectivity index (χ3n) is 12.0. The summed E-state index contributed by atoms with van der Waals surface area (Å²) in [4.78, 5) is 58.4. The van der Waals surface area contributed by atoms with E-state index in [1.807, 2.05) is 65.6 Å². The topological polar surface area (TPSA) is 106 Å². The van der Waals surface area contributed by atoms with Crippen LogP contribution in [0.4, 0.5) is 10.5 Å². The molecule has 3 aliphatic heterocycles. The average Bonchev–Trinajstić information content (AvgIpc) is 3.38. The van der Waals surface area contributed by atoms with Gasteiger partial charge in [0.1, 0.15) is 18.4 Å². The zero-order chi connectivity index (χ0) is 36.0. The molecule has 1 spiro atoms. The lowest BCUT2D eigenvalue weighted by molar-refractivity contribution is -0.151. The number of anilines is 1. The smallest absolute Gasteiger partial charge is 0.410 e. The molecule has 1 unspecified atom stereocenters. The van der Waals surface area contributed by atoms with E-state index in [4.69, 9.17) is 9.47 Å². The molecule has 3 amide bonds. The molecule has 0 N–H and O–H groups in total. The van der Waals surface area contributed by atoms with Crippen LogP contribution in [0.15, 0.2) is 77.6 Å². The number of imide groups is 1. The lowest BCUT2D eigenvalue weighted by Gasteiger charge is -2.60. The number of piperidine rings is 2. The number of carbonyl (C=O) groups excluding carboxylic acids is 3. The normalized spacial score (nSPS) is 20.7. The number of fused-ring (bicyclic) bond motifs is 1. The molecule has 1 aromatic heterocycles. The molecule has 4 aliphatic rings. The van der Waals surface area contributed by atoms with E-state index in [9.17, 15) is 19.2 Å². The molecular formula is C41H47N5O6. The van der Waals surface area contributed by atoms with Crippen LogP contribution >= 0.6 is 0 Å². The van der Waals surface area contributed by atoms with Crippen LogP contribution in [0.25, 0.3) is 11.0 Å². The quantitative estimate of drug-likeness (QED) is 0.200. The molecule has 3 saturated heterocycles. The van der Waals surface area contributed by atoms with E-state index in [2.05, 4.69) is 17.0 Å². The Kier molecular flexibility index (Phi) is 9.05. The monoisotopic (exact) mass is 705 g/mol. The molecule has 1 aliphatic carbocycles. The van der Waals surface area contributed by atoms with Gasteiger partial charge in [-0.25, -0.2) is 9.59 Å². The molecule has 52 heavy (non-hydrogen) atoms. The van der Waals surface area contributed by atoms with Crippen molar-refractivity contribution in [1.82, 2.24) is 18.9 Å². The van der Waals surface area contributed by atoms with Gasteiger partial charge in [-0.15, -0.1) is 0 Å². The van der Waals surface area contributed by atoms with Gasteiger partial charge >= 0.3 is 11.8 Å². The van der Waals surface area contributed by atoms with Crippen LogP contribution in [0.3, 0.4) is 0 Å². The van der Waals surface area contributed by atoms with E-state index < -0.39 is 6.04 Å². The molecule has 4 heterocycles. The number of hydrogen-bond donors (Lipinski definition) is 0. The lowest BCUT2D eigenvalue weighted by atomic mass is 9.55. The van der Waals surface area contributed by atoms with Gasteiger partial charge in [-0.2, -0.15) is 0 Å². The fourth-order valence-corrected chi connectivity index (χ4v) is 9.16. The Labute approximate surface area is 303 Å². The number of likely N-dealkylation sites (tertiary alicyclic amines) is 2. The van der Waals surface area contributed by atoms with E-state index in [1.54, 1.807) is 23.3 Å². The second-order valence-electron chi connectivity index (χ2n) is 15.4. The Morgan fingerprint density at radius 3 is 2.29 bits per heavy atom. The maximum absolute atomic E-state index is 13.8. The number of rotatable bonds is 9. The van der Waals surface area contributed by atoms with Crippen molar-refractivity contribution in [2.45, 2.75) is 64.1 Å². The van der Waals surface area contributed by atoms with Gasteiger partial charge in [-0.1, -0.05) is 42.5 Å². The van der Waals surface area contributed by atoms with E-state index in [0.29, 0.717) is 35.6 Å². The van der Waals surface area contributed by atoms with Crippen molar-refractivity contribution in [3.63, 3.8) is 0 Å². The fraction of sp³-hybridized carbons (Fsp3) is 0.463. The van der Waals surface area contributed by atoms with E-state index in [0.717, 1.165) is 67.3 Å². The number of carbonyl (C=O) groups is 3. The van der Waals surface area contributed by atoms with Gasteiger partial charge in [-0.3, -0.25) is 23.6 Å². The van der Waals surface area contributed by atoms with Crippen LogP contribution in [0.1, 0.15) is 62.1 Å². The summed E-state index contributed by atoms with van der Waals surface area (Å²) >= 11 is 0. The molecule has 272 valence electrons. The number of methoxy groups -OCH3 is 1. The van der Waals surface area contributed by atoms with Gasteiger partial charge in [0.25, 0.3) is 5.91 Å². The summed E-state index contributed by atoms with van der Waals surface area (Å²) in [7, 11) is 3.35. The molecule has 3 aromatic carbocycles. The van der Waals surface area contributed by atoms with Crippen molar-refractivity contribution in [3.05, 3.63) is 94.4 Å². The van der Waals surface area contributed by atoms with Crippen LogP contribution in [0.2, 0.25) is 0 Å². The number of aromatic nitrogens is 2. The number of aryl methyl sites for hydroxylation is 1. The summed E-state index contributed by atoms with van der Waals surface area (Å²) in [6.45, 7) is 4.04. The minimum Gasteiger partial charge on any atom is -0.497 e. The summed E-state index contributed by atoms with van der Waals surface area (Å²) < 4.78 is 14.0. The number of hydrogen-bond acceptors (Lipinski definition) is 7. The largest absolute Gasteiger partial charge is 0.497 e. The van der Waals surface area contributed by atoms with E-state index in [1.165, 1.54) is 24.2 Å². The van der Waals surface area contributed by atoms with Crippen LogP contribution in [0.5, 0.6) is 5.75 Å². The summed E-state index contributed by atoms with van der Waals surface area (Å²) in [5.74, 6) is 1.54. The predicted octanol–water partition coefficient (Wildman–Crippen LogP) is 5.89. The minimum atomic E-state index is -0.738. The summed E-state index contributed by atoms with van der Waals surface area (Å²) in [5.41, 5.74) is 4.54. The molecular weight excluding hydrogens is 658 g/mol. The number of ether oxygens (including phenoxy) is 2. The third kappa shape index (κ3) is 6.45. The van der Waals surface area contributed by atoms with Crippen molar-refractivity contribution in [3.8, 4) is 5.75 Å². The highest BCUT2D eigenvalue weighted by Gasteiger charge is 2.52. The zero-order valence-corrected chi connectivity index (χ0v) is 30.0. The standard InChI is InChI=1S/C41H47N5O6/c1-42-36-21-32(10-13-34(36)46(39(42)49)35-14-15-37(47)45(38(35)48)24-29-8-11-33(51-2)12-9-29)44-26-41(27-44)22-31(23-41)20-28-16-18-43(19-17-28)40(50)52-25-30-6-4-3-5-7-30/h3-13,21,28,31,35H,14-20,22-27H2,1-2H3. The summed E-state index contributed by atoms with van der Waals surface area (Å²) in [6, 6.07) is 22.5. The van der Waals surface area contributed by atoms with Crippen LogP contribution in [0, 0.1) is 17.3 Å². The minimum absolute atomic E-state index is 0.157. The first-order valence-electron chi connectivity index (χ1n) is 18.6. The highest BCUT2D eigenvalue weighted by atomic mass is 16.6. The maximum Gasteiger partial charge on any atom is 0.410 e. The van der Waals surface area contributed by atoms with Crippen molar-refractivity contribution < 1.29 is 23.9 Å². The van der Waals surface area contributed by atoms with E-state index >= 15 is 0 Å². The maximum atomic E-state index is 13.8. The summed E-state index contributed by atoms with van der Waals surface area (Å²) in [5, 5.41) is 0. The fourth-order valence-electron chi connectivity index (χ4n) is 9.16. The van der Waals surface area contributed by atoms with Crippen LogP contribution in [-0.4, -0.2) is 70.1 Å². The van der Waals surface area contributed by atoms with Crippen molar-refractivity contribution in [2.75, 3.05) is 38.2 Å². The Bertz CT molecular complexity index is 2020. The molecule has 1 saturated carbocycles. The van der Waals surface area contributed by atoms with Gasteiger partial charge in [-0.05, 0) is 91.8 Å². The highest BCUT2D eigenvalue weighted by molar-refractivity contribution is 6.00. The molecule has 4 aromatic rings. The zero-order valence-electron chi connectivity index (χ0n) is 30.0. The Morgan fingerprint density at radius 2 is 1.58 bits per heavy atom. The van der Waals surface area contributed by atoms with Crippen LogP contribution in [-0.2, 0) is 34.5 Å². The Morgan fingerprint density at radius 1 is 0.846 bits per heavy atom. The first-order chi connectivity index (χ1) is 25.2. The number of benzene rings is 3. The van der Waals surface area contributed by atoms with Crippen LogP contribution < -0.4 is 15.3 Å². The molecule has 8 rings (SSSR count). The van der Waals surface area contributed by atoms with E-state index in [-0.39, 0.29) is 36.6 Å². The van der Waals surface area contributed by atoms with Crippen molar-refractivity contribution in [2.24, 2.45) is 24.3 Å². The van der Waals surface area contributed by atoms with Crippen molar-refractivity contribution in [1.29, 1.82) is 0 Å². The van der Waals surface area contributed by atoms with Gasteiger partial charge in [0.2, 0.25) is 5.91 Å². The first kappa shape index (κ1) is 34.0. The predicted molar refractivity (Wildman–Crippen MR) is 197 cm³/mol. The molecule has 0 bridgehead atoms. The lowest BCUT2D eigenvalue weighted by Crippen LogP contribution is -2.62. The van der Waals surface area contributed by atoms with Crippen molar-refractivity contribution >= 4 is 34.6 Å². The van der Waals surface area contributed by atoms with Gasteiger partial charge in [0.05, 0.1) is 24.7 Å². The summed E-state index contributed by atoms with van der Waals surface area (Å²) in [6.07, 6.45) is 6.10. The molecule has 11 heteroatoms. The Hall–Kier alpha value is -5.06. The SMILES string of the molecule is COc1ccc(CN2C(=O)CCC(n3c(=O)n(C)c4cc(N5CC6(CC(CC7CCN(C(=O)OCc8ccccc8)CC7)C6)C5)ccc43)C2=O)cc1. The second-order valence-corrected chi connectivity index (χ2v) is 15.4. The van der Waals surface area contributed by atoms with Gasteiger partial charge in [0.15, 0.2) is 0 Å². The highest BCUT2D eigenvalue weighted by Crippen LogP contribution is 2.55. The van der Waals surface area contributed by atoms with Gasteiger partial charge < -0.3 is 19.3 Å². The molecule has 4 fully saturated rings. The first-order valence-corrected chi connectivity index (χ1v) is 18.6.